The normalized spacial score (nSPS) is 18.9. The zero-order valence-corrected chi connectivity index (χ0v) is 27.7. The fourth-order valence-electron chi connectivity index (χ4n) is 5.99. The van der Waals surface area contributed by atoms with Crippen molar-refractivity contribution in [3.05, 3.63) is 70.2 Å². The highest BCUT2D eigenvalue weighted by molar-refractivity contribution is 6.39. The first kappa shape index (κ1) is 33.0. The number of aliphatic hydroxyl groups is 1. The topological polar surface area (TPSA) is 143 Å². The summed E-state index contributed by atoms with van der Waals surface area (Å²) in [4.78, 5) is 30.2. The molecular formula is C34H37Cl2N7O4. The van der Waals surface area contributed by atoms with Crippen LogP contribution in [0.3, 0.4) is 0 Å². The molecule has 1 saturated heterocycles. The molecule has 1 saturated carbocycles. The predicted molar refractivity (Wildman–Crippen MR) is 180 cm³/mol. The van der Waals surface area contributed by atoms with E-state index in [1.165, 1.54) is 0 Å². The maximum atomic E-state index is 11.5. The molecule has 2 fully saturated rings. The van der Waals surface area contributed by atoms with Gasteiger partial charge in [-0.1, -0.05) is 59.6 Å². The average Bonchev–Trinajstić information content (AvgIpc) is 3.49. The largest absolute Gasteiger partial charge is 0.480 e. The van der Waals surface area contributed by atoms with E-state index in [0.29, 0.717) is 93.7 Å². The van der Waals surface area contributed by atoms with Crippen LogP contribution in [-0.4, -0.2) is 70.4 Å². The molecule has 2 aromatic heterocycles. The minimum Gasteiger partial charge on any atom is -0.480 e. The Morgan fingerprint density at radius 3 is 1.94 bits per heavy atom. The number of nitrogens with one attached hydrogen (secondary N) is 3. The van der Waals surface area contributed by atoms with Crippen LogP contribution < -0.4 is 25.4 Å². The molecule has 2 aromatic carbocycles. The minimum atomic E-state index is 0.0831. The highest BCUT2D eigenvalue weighted by Gasteiger charge is 2.28. The number of aromatic nitrogens is 4. The lowest BCUT2D eigenvalue weighted by atomic mass is 9.81. The van der Waals surface area contributed by atoms with Crippen molar-refractivity contribution >= 4 is 29.1 Å². The van der Waals surface area contributed by atoms with Gasteiger partial charge in [-0.05, 0) is 25.2 Å². The zero-order chi connectivity index (χ0) is 32.9. The van der Waals surface area contributed by atoms with Crippen molar-refractivity contribution in [1.82, 2.24) is 35.9 Å². The summed E-state index contributed by atoms with van der Waals surface area (Å²) in [5.74, 6) is 1.26. The summed E-state index contributed by atoms with van der Waals surface area (Å²) < 4.78 is 11.2. The van der Waals surface area contributed by atoms with Crippen LogP contribution in [0.2, 0.25) is 10.0 Å². The lowest BCUT2D eigenvalue weighted by Crippen LogP contribution is -2.42. The first-order valence-electron chi connectivity index (χ1n) is 15.6. The molecule has 0 unspecified atom stereocenters. The average molecular weight is 679 g/mol. The van der Waals surface area contributed by atoms with Crippen molar-refractivity contribution in [2.75, 3.05) is 27.4 Å². The lowest BCUT2D eigenvalue weighted by molar-refractivity contribution is -0.119. The molecule has 0 radical (unpaired) electrons. The Morgan fingerprint density at radius 2 is 1.43 bits per heavy atom. The van der Waals surface area contributed by atoms with E-state index >= 15 is 0 Å². The van der Waals surface area contributed by atoms with Gasteiger partial charge in [0.05, 0.1) is 48.0 Å². The van der Waals surface area contributed by atoms with Crippen molar-refractivity contribution in [2.24, 2.45) is 5.92 Å². The molecule has 3 heterocycles. The Labute approximate surface area is 283 Å². The first-order chi connectivity index (χ1) is 22.9. The molecule has 246 valence electrons. The lowest BCUT2D eigenvalue weighted by Gasteiger charge is -2.34. The Bertz CT molecular complexity index is 1750. The van der Waals surface area contributed by atoms with Crippen molar-refractivity contribution in [2.45, 2.75) is 50.9 Å². The second-order valence-corrected chi connectivity index (χ2v) is 12.5. The molecule has 0 bridgehead atoms. The summed E-state index contributed by atoms with van der Waals surface area (Å²) in [5, 5.41) is 20.0. The number of methoxy groups -OCH3 is 2. The van der Waals surface area contributed by atoms with Crippen LogP contribution in [-0.2, 0) is 17.9 Å². The van der Waals surface area contributed by atoms with Gasteiger partial charge >= 0.3 is 0 Å². The number of amides is 1. The van der Waals surface area contributed by atoms with Crippen molar-refractivity contribution in [3.63, 3.8) is 0 Å². The summed E-state index contributed by atoms with van der Waals surface area (Å²) in [6.45, 7) is 1.82. The number of hydrogen-bond donors (Lipinski definition) is 4. The molecule has 1 atom stereocenters. The van der Waals surface area contributed by atoms with Crippen molar-refractivity contribution < 1.29 is 19.4 Å². The number of halogens is 2. The third kappa shape index (κ3) is 7.34. The second-order valence-electron chi connectivity index (χ2n) is 11.8. The van der Waals surface area contributed by atoms with Gasteiger partial charge in [0.1, 0.15) is 11.4 Å². The van der Waals surface area contributed by atoms with Gasteiger partial charge < -0.3 is 30.5 Å². The number of carbonyl (C=O) groups excluding carboxylic acids is 1. The molecule has 0 spiro atoms. The Hall–Kier alpha value is -3.87. The third-order valence-electron chi connectivity index (χ3n) is 8.67. The molecule has 2 aliphatic rings. The molecule has 1 aliphatic carbocycles. The van der Waals surface area contributed by atoms with Crippen LogP contribution in [0.25, 0.3) is 33.6 Å². The number of aliphatic hydroxyl groups excluding tert-OH is 1. The van der Waals surface area contributed by atoms with E-state index < -0.39 is 0 Å². The van der Waals surface area contributed by atoms with Gasteiger partial charge in [0.25, 0.3) is 0 Å². The van der Waals surface area contributed by atoms with Crippen molar-refractivity contribution in [1.29, 1.82) is 0 Å². The molecule has 11 nitrogen and oxygen atoms in total. The van der Waals surface area contributed by atoms with Gasteiger partial charge in [-0.25, -0.2) is 9.97 Å². The zero-order valence-electron chi connectivity index (χ0n) is 26.2. The van der Waals surface area contributed by atoms with E-state index in [1.807, 2.05) is 36.4 Å². The molecule has 6 rings (SSSR count). The molecule has 4 N–H and O–H groups in total. The highest BCUT2D eigenvalue weighted by Crippen LogP contribution is 2.42. The summed E-state index contributed by atoms with van der Waals surface area (Å²) in [6.07, 6.45) is 6.64. The number of rotatable bonds is 13. The SMILES string of the molecule is COc1nc(-c2cccc(-c3cccc(-c4cnc(CN[C@H]5C[C@H](CO)C5)c(OC)n4)c3Cl)c2Cl)cnc1CNC[C@@H]1CCC(=O)N1. The summed E-state index contributed by atoms with van der Waals surface area (Å²) in [7, 11) is 3.13. The molecule has 13 heteroatoms. The predicted octanol–water partition coefficient (Wildman–Crippen LogP) is 4.82. The fourth-order valence-corrected chi connectivity index (χ4v) is 6.64. The number of benzene rings is 2. The molecule has 1 aliphatic heterocycles. The van der Waals surface area contributed by atoms with E-state index in [2.05, 4.69) is 25.9 Å². The smallest absolute Gasteiger partial charge is 0.237 e. The summed E-state index contributed by atoms with van der Waals surface area (Å²) >= 11 is 14.1. The van der Waals surface area contributed by atoms with Gasteiger partial charge in [-0.3, -0.25) is 14.8 Å². The van der Waals surface area contributed by atoms with Crippen LogP contribution in [0.4, 0.5) is 0 Å². The van der Waals surface area contributed by atoms with E-state index in [0.717, 1.165) is 30.4 Å². The number of ether oxygens (including phenoxy) is 2. The van der Waals surface area contributed by atoms with Crippen molar-refractivity contribution in [3.8, 4) is 45.4 Å². The summed E-state index contributed by atoms with van der Waals surface area (Å²) in [5.41, 5.74) is 5.31. The standard InChI is InChI=1S/C34H37Cl2N7O4/c1-46-33-28(14-37-13-20-9-10-30(45)41-20)39-15-26(42-33)24-7-3-5-22(31(24)35)23-6-4-8-25(32(23)36)27-16-40-29(34(43-27)47-2)17-38-21-11-19(12-21)18-44/h3-8,15-16,19-21,37-38,44H,9-14,17-18H2,1-2H3,(H,41,45)/t19-,20-,21-/m0/s1. The van der Waals surface area contributed by atoms with E-state index in [9.17, 15) is 9.90 Å². The number of carbonyl (C=O) groups is 1. The van der Waals surface area contributed by atoms with Gasteiger partial charge in [0.15, 0.2) is 0 Å². The maximum absolute atomic E-state index is 11.5. The maximum Gasteiger partial charge on any atom is 0.237 e. The van der Waals surface area contributed by atoms with Crippen LogP contribution in [0.1, 0.15) is 37.1 Å². The number of hydrogen-bond acceptors (Lipinski definition) is 10. The highest BCUT2D eigenvalue weighted by atomic mass is 35.5. The van der Waals surface area contributed by atoms with E-state index in [4.69, 9.17) is 42.6 Å². The van der Waals surface area contributed by atoms with E-state index in [1.54, 1.807) is 26.6 Å². The first-order valence-corrected chi connectivity index (χ1v) is 16.4. The van der Waals surface area contributed by atoms with Crippen LogP contribution >= 0.6 is 23.2 Å². The van der Waals surface area contributed by atoms with Gasteiger partial charge in [-0.15, -0.1) is 0 Å². The van der Waals surface area contributed by atoms with Crippen LogP contribution in [0.15, 0.2) is 48.8 Å². The minimum absolute atomic E-state index is 0.0831. The quantitative estimate of drug-likeness (QED) is 0.156. The van der Waals surface area contributed by atoms with Crippen LogP contribution in [0, 0.1) is 5.92 Å². The molecule has 47 heavy (non-hydrogen) atoms. The summed E-state index contributed by atoms with van der Waals surface area (Å²) in [6, 6.07) is 11.8. The fraction of sp³-hybridized carbons (Fsp3) is 0.382. The molecule has 4 aromatic rings. The van der Waals surface area contributed by atoms with Gasteiger partial charge in [-0.2, -0.15) is 0 Å². The van der Waals surface area contributed by atoms with Gasteiger partial charge in [0.2, 0.25) is 17.7 Å². The Balaban J connectivity index is 1.21. The van der Waals surface area contributed by atoms with Gasteiger partial charge in [0, 0.05) is 67.0 Å². The Kier molecular flexibility index (Phi) is 10.5. The second kappa shape index (κ2) is 14.9. The molecule has 1 amide bonds. The molecular weight excluding hydrogens is 641 g/mol. The monoisotopic (exact) mass is 677 g/mol. The van der Waals surface area contributed by atoms with E-state index in [-0.39, 0.29) is 18.6 Å². The Morgan fingerprint density at radius 1 is 0.872 bits per heavy atom. The van der Waals surface area contributed by atoms with Crippen LogP contribution in [0.5, 0.6) is 11.8 Å². The number of nitrogens with zero attached hydrogens (tertiary/aromatic N) is 4. The third-order valence-corrected chi connectivity index (χ3v) is 9.48.